The summed E-state index contributed by atoms with van der Waals surface area (Å²) < 4.78 is 38.9. The van der Waals surface area contributed by atoms with Gasteiger partial charge in [-0.3, -0.25) is 4.98 Å². The molecular weight excluding hydrogens is 289 g/mol. The molecule has 0 amide bonds. The molecule has 0 fully saturated rings. The molecule has 2 N–H and O–H groups in total. The summed E-state index contributed by atoms with van der Waals surface area (Å²) in [6.45, 7) is 1.81. The largest absolute Gasteiger partial charge is 0.416 e. The molecule has 20 heavy (non-hydrogen) atoms. The Morgan fingerprint density at radius 3 is 2.55 bits per heavy atom. The van der Waals surface area contributed by atoms with E-state index in [2.05, 4.69) is 4.98 Å². The number of aromatic nitrogens is 1. The molecule has 2 aromatic rings. The topological polar surface area (TPSA) is 38.9 Å². The van der Waals surface area contributed by atoms with Gasteiger partial charge in [-0.2, -0.15) is 13.2 Å². The molecule has 0 radical (unpaired) electrons. The molecule has 1 aromatic heterocycles. The summed E-state index contributed by atoms with van der Waals surface area (Å²) in [5, 5.41) is 0.468. The van der Waals surface area contributed by atoms with E-state index in [4.69, 9.17) is 17.3 Å². The molecule has 0 bridgehead atoms. The zero-order valence-electron chi connectivity index (χ0n) is 10.6. The molecule has 0 aliphatic carbocycles. The predicted molar refractivity (Wildman–Crippen MR) is 71.5 cm³/mol. The minimum Gasteiger partial charge on any atom is -0.320 e. The van der Waals surface area contributed by atoms with Crippen molar-refractivity contribution in [1.29, 1.82) is 0 Å². The minimum absolute atomic E-state index is 0.0695. The van der Waals surface area contributed by atoms with E-state index in [0.29, 0.717) is 10.6 Å². The number of aryl methyl sites for hydroxylation is 1. The van der Waals surface area contributed by atoms with Crippen LogP contribution in [0.15, 0.2) is 36.7 Å². The van der Waals surface area contributed by atoms with Crippen LogP contribution in [0.1, 0.15) is 28.3 Å². The first-order valence-electron chi connectivity index (χ1n) is 5.83. The molecule has 0 saturated carbocycles. The normalized spacial score (nSPS) is 13.3. The third-order valence-corrected chi connectivity index (χ3v) is 3.45. The quantitative estimate of drug-likeness (QED) is 0.906. The summed E-state index contributed by atoms with van der Waals surface area (Å²) >= 11 is 5.98. The van der Waals surface area contributed by atoms with Crippen LogP contribution in [0.3, 0.4) is 0 Å². The number of nitrogens with zero attached hydrogens (tertiary/aromatic N) is 1. The SMILES string of the molecule is Cc1ccc(C(N)c2cnccc2C(F)(F)F)cc1Cl. The standard InChI is InChI=1S/C14H12ClF3N2/c1-8-2-3-9(6-12(8)15)13(19)10-7-20-5-4-11(10)14(16,17)18/h2-7,13H,19H2,1H3. The van der Waals surface area contributed by atoms with Gasteiger partial charge in [0.05, 0.1) is 11.6 Å². The second kappa shape index (κ2) is 5.42. The molecule has 0 aliphatic heterocycles. The Hall–Kier alpha value is -1.59. The zero-order chi connectivity index (χ0) is 14.9. The molecule has 106 valence electrons. The highest BCUT2D eigenvalue weighted by molar-refractivity contribution is 6.31. The lowest BCUT2D eigenvalue weighted by molar-refractivity contribution is -0.138. The number of nitrogens with two attached hydrogens (primary N) is 1. The van der Waals surface area contributed by atoms with Crippen molar-refractivity contribution in [3.63, 3.8) is 0 Å². The Morgan fingerprint density at radius 2 is 1.95 bits per heavy atom. The highest BCUT2D eigenvalue weighted by Crippen LogP contribution is 2.35. The highest BCUT2D eigenvalue weighted by atomic mass is 35.5. The fourth-order valence-corrected chi connectivity index (χ4v) is 2.08. The van der Waals surface area contributed by atoms with Crippen molar-refractivity contribution >= 4 is 11.6 Å². The van der Waals surface area contributed by atoms with Gasteiger partial charge in [-0.1, -0.05) is 23.7 Å². The summed E-state index contributed by atoms with van der Waals surface area (Å²) in [5.74, 6) is 0. The van der Waals surface area contributed by atoms with Crippen molar-refractivity contribution < 1.29 is 13.2 Å². The Bertz CT molecular complexity index is 626. The number of rotatable bonds is 2. The lowest BCUT2D eigenvalue weighted by Crippen LogP contribution is -2.18. The summed E-state index contributed by atoms with van der Waals surface area (Å²) in [4.78, 5) is 3.73. The van der Waals surface area contributed by atoms with Gasteiger partial charge in [-0.25, -0.2) is 0 Å². The monoisotopic (exact) mass is 300 g/mol. The number of halogens is 4. The summed E-state index contributed by atoms with van der Waals surface area (Å²) in [7, 11) is 0. The second-order valence-corrected chi connectivity index (χ2v) is 4.85. The maximum atomic E-state index is 13.0. The zero-order valence-corrected chi connectivity index (χ0v) is 11.3. The predicted octanol–water partition coefficient (Wildman–Crippen LogP) is 4.11. The molecule has 1 unspecified atom stereocenters. The number of pyridine rings is 1. The van der Waals surface area contributed by atoms with Crippen LogP contribution >= 0.6 is 11.6 Å². The Kier molecular flexibility index (Phi) is 4.01. The first kappa shape index (κ1) is 14.8. The van der Waals surface area contributed by atoms with Crippen molar-refractivity contribution in [1.82, 2.24) is 4.98 Å². The maximum absolute atomic E-state index is 13.0. The average molecular weight is 301 g/mol. The van der Waals surface area contributed by atoms with Gasteiger partial charge in [0, 0.05) is 23.0 Å². The van der Waals surface area contributed by atoms with Gasteiger partial charge in [0.2, 0.25) is 0 Å². The van der Waals surface area contributed by atoms with E-state index in [9.17, 15) is 13.2 Å². The van der Waals surface area contributed by atoms with Crippen LogP contribution in [-0.2, 0) is 6.18 Å². The molecule has 6 heteroatoms. The smallest absolute Gasteiger partial charge is 0.320 e. The number of benzene rings is 1. The third kappa shape index (κ3) is 2.94. The van der Waals surface area contributed by atoms with Crippen molar-refractivity contribution in [2.24, 2.45) is 5.73 Å². The van der Waals surface area contributed by atoms with Gasteiger partial charge in [-0.15, -0.1) is 0 Å². The Balaban J connectivity index is 2.48. The van der Waals surface area contributed by atoms with Gasteiger partial charge in [0.25, 0.3) is 0 Å². The Labute approximate surface area is 119 Å². The van der Waals surface area contributed by atoms with Gasteiger partial charge in [0.1, 0.15) is 0 Å². The number of hydrogen-bond donors (Lipinski definition) is 1. The molecule has 0 saturated heterocycles. The van der Waals surface area contributed by atoms with Gasteiger partial charge in [0.15, 0.2) is 0 Å². The van der Waals surface area contributed by atoms with Crippen molar-refractivity contribution in [2.75, 3.05) is 0 Å². The van der Waals surface area contributed by atoms with E-state index >= 15 is 0 Å². The molecule has 0 spiro atoms. The average Bonchev–Trinajstić information content (AvgIpc) is 2.40. The number of hydrogen-bond acceptors (Lipinski definition) is 2. The maximum Gasteiger partial charge on any atom is 0.416 e. The van der Waals surface area contributed by atoms with E-state index in [1.54, 1.807) is 18.2 Å². The first-order valence-corrected chi connectivity index (χ1v) is 6.21. The highest BCUT2D eigenvalue weighted by Gasteiger charge is 2.34. The van der Waals surface area contributed by atoms with Crippen LogP contribution in [-0.4, -0.2) is 4.98 Å². The lowest BCUT2D eigenvalue weighted by atomic mass is 9.96. The molecule has 1 atom stereocenters. The number of alkyl halides is 3. The first-order chi connectivity index (χ1) is 9.30. The minimum atomic E-state index is -4.47. The molecule has 1 aromatic carbocycles. The Morgan fingerprint density at radius 1 is 1.25 bits per heavy atom. The van der Waals surface area contributed by atoms with Gasteiger partial charge < -0.3 is 5.73 Å². The van der Waals surface area contributed by atoms with Crippen LogP contribution in [0, 0.1) is 6.92 Å². The summed E-state index contributed by atoms with van der Waals surface area (Å²) in [6.07, 6.45) is -2.23. The second-order valence-electron chi connectivity index (χ2n) is 4.45. The fourth-order valence-electron chi connectivity index (χ4n) is 1.89. The summed E-state index contributed by atoms with van der Waals surface area (Å²) in [6, 6.07) is 4.96. The molecule has 1 heterocycles. The van der Waals surface area contributed by atoms with Gasteiger partial charge >= 0.3 is 6.18 Å². The van der Waals surface area contributed by atoms with E-state index < -0.39 is 17.8 Å². The van der Waals surface area contributed by atoms with Crippen LogP contribution in [0.5, 0.6) is 0 Å². The van der Waals surface area contributed by atoms with E-state index in [1.807, 2.05) is 6.92 Å². The van der Waals surface area contributed by atoms with Crippen LogP contribution in [0.4, 0.5) is 13.2 Å². The molecule has 2 nitrogen and oxygen atoms in total. The fraction of sp³-hybridized carbons (Fsp3) is 0.214. The molecule has 0 aliphatic rings. The van der Waals surface area contributed by atoms with Crippen LogP contribution < -0.4 is 5.73 Å². The van der Waals surface area contributed by atoms with Crippen LogP contribution in [0.2, 0.25) is 5.02 Å². The van der Waals surface area contributed by atoms with Gasteiger partial charge in [-0.05, 0) is 30.2 Å². The lowest BCUT2D eigenvalue weighted by Gasteiger charge is -2.18. The van der Waals surface area contributed by atoms with E-state index in [1.165, 1.54) is 0 Å². The van der Waals surface area contributed by atoms with Crippen molar-refractivity contribution in [3.8, 4) is 0 Å². The molecule has 2 rings (SSSR count). The van der Waals surface area contributed by atoms with Crippen molar-refractivity contribution in [2.45, 2.75) is 19.1 Å². The van der Waals surface area contributed by atoms with E-state index in [-0.39, 0.29) is 5.56 Å². The third-order valence-electron chi connectivity index (χ3n) is 3.05. The van der Waals surface area contributed by atoms with Crippen LogP contribution in [0.25, 0.3) is 0 Å². The van der Waals surface area contributed by atoms with E-state index in [0.717, 1.165) is 24.0 Å². The summed E-state index contributed by atoms with van der Waals surface area (Å²) in [5.41, 5.74) is 6.43. The van der Waals surface area contributed by atoms with Crippen molar-refractivity contribution in [3.05, 3.63) is 63.9 Å². The molecular formula is C14H12ClF3N2.